The molecule has 1 atom stereocenters. The largest absolute Gasteiger partial charge is 0.516 e. The lowest BCUT2D eigenvalue weighted by atomic mass is 9.98. The Morgan fingerprint density at radius 3 is 2.15 bits per heavy atom. The molecule has 176 valence electrons. The summed E-state index contributed by atoms with van der Waals surface area (Å²) in [4.78, 5) is 35.8. The van der Waals surface area contributed by atoms with Gasteiger partial charge in [-0.1, -0.05) is 48.5 Å². The first-order chi connectivity index (χ1) is 15.7. The number of amides is 1. The minimum Gasteiger partial charge on any atom is -0.444 e. The number of hydrogen-bond acceptors (Lipinski definition) is 7. The second-order valence-electron chi connectivity index (χ2n) is 8.89. The lowest BCUT2D eigenvalue weighted by Gasteiger charge is -2.19. The van der Waals surface area contributed by atoms with Gasteiger partial charge in [0.15, 0.2) is 0 Å². The predicted octanol–water partition coefficient (Wildman–Crippen LogP) is 4.11. The Labute approximate surface area is 193 Å². The van der Waals surface area contributed by atoms with Crippen LogP contribution >= 0.6 is 0 Å². The number of esters is 1. The average molecular weight is 455 g/mol. The third kappa shape index (κ3) is 6.55. The number of hydrogen-bond donors (Lipinski definition) is 2. The smallest absolute Gasteiger partial charge is 0.444 e. The molecule has 8 nitrogen and oxygen atoms in total. The molecular formula is C25H30N2O6. The van der Waals surface area contributed by atoms with Gasteiger partial charge in [-0.2, -0.15) is 0 Å². The monoisotopic (exact) mass is 454 g/mol. The van der Waals surface area contributed by atoms with Crippen molar-refractivity contribution in [1.82, 2.24) is 5.32 Å². The first-order valence-electron chi connectivity index (χ1n) is 10.9. The number of nitrogens with two attached hydrogens (primary N) is 1. The molecule has 0 radical (unpaired) electrons. The number of carbonyl (C=O) groups is 3. The number of ether oxygens (including phenoxy) is 3. The van der Waals surface area contributed by atoms with Crippen molar-refractivity contribution < 1.29 is 28.6 Å². The number of carbonyl (C=O) groups excluding carboxylic acids is 3. The van der Waals surface area contributed by atoms with E-state index < -0.39 is 29.9 Å². The lowest BCUT2D eigenvalue weighted by molar-refractivity contribution is -0.141. The first kappa shape index (κ1) is 24.3. The van der Waals surface area contributed by atoms with Gasteiger partial charge in [0.2, 0.25) is 0 Å². The molecule has 1 aliphatic rings. The topological polar surface area (TPSA) is 117 Å². The maximum Gasteiger partial charge on any atom is 0.516 e. The van der Waals surface area contributed by atoms with Crippen LogP contribution in [0.2, 0.25) is 0 Å². The van der Waals surface area contributed by atoms with Gasteiger partial charge >= 0.3 is 18.2 Å². The Hall–Kier alpha value is -3.39. The molecule has 0 aromatic heterocycles. The Balaban J connectivity index is 1.43. The Morgan fingerprint density at radius 1 is 1.00 bits per heavy atom. The van der Waals surface area contributed by atoms with Gasteiger partial charge in [-0.05, 0) is 55.9 Å². The fraction of sp³-hybridized carbons (Fsp3) is 0.400. The van der Waals surface area contributed by atoms with Crippen LogP contribution in [0, 0.1) is 0 Å². The van der Waals surface area contributed by atoms with Crippen LogP contribution in [0.5, 0.6) is 0 Å². The van der Waals surface area contributed by atoms with Gasteiger partial charge in [-0.3, -0.25) is 0 Å². The standard InChI is InChI=1S/C25H30N2O6/c1-25(2,3)33-23(29)27-14-8-13-21(26)22(28)32-24(30)31-15-20-18-11-6-4-9-16(18)17-10-5-7-12-19(17)20/h4-7,9-12,20-21H,8,13-15,26H2,1-3H3,(H,27,29)/t21-/m0/s1. The first-order valence-corrected chi connectivity index (χ1v) is 10.9. The molecule has 1 aliphatic carbocycles. The van der Waals surface area contributed by atoms with Crippen LogP contribution in [0.4, 0.5) is 9.59 Å². The van der Waals surface area contributed by atoms with E-state index in [9.17, 15) is 14.4 Å². The van der Waals surface area contributed by atoms with E-state index in [1.807, 2.05) is 48.5 Å². The van der Waals surface area contributed by atoms with E-state index in [0.717, 1.165) is 22.3 Å². The molecular weight excluding hydrogens is 424 g/mol. The zero-order valence-corrected chi connectivity index (χ0v) is 19.1. The van der Waals surface area contributed by atoms with Crippen molar-refractivity contribution in [3.63, 3.8) is 0 Å². The SMILES string of the molecule is CC(C)(C)OC(=O)NCCC[C@H](N)C(=O)OC(=O)OCC1c2ccccc2-c2ccccc21. The summed E-state index contributed by atoms with van der Waals surface area (Å²) in [7, 11) is 0. The van der Waals surface area contributed by atoms with Crippen molar-refractivity contribution >= 4 is 18.2 Å². The fourth-order valence-electron chi connectivity index (χ4n) is 3.72. The lowest BCUT2D eigenvalue weighted by Crippen LogP contribution is -2.36. The molecule has 3 rings (SSSR count). The maximum atomic E-state index is 12.1. The van der Waals surface area contributed by atoms with Crippen LogP contribution in [0.3, 0.4) is 0 Å². The van der Waals surface area contributed by atoms with Crippen LogP contribution in [0.15, 0.2) is 48.5 Å². The van der Waals surface area contributed by atoms with Crippen molar-refractivity contribution in [3.05, 3.63) is 59.7 Å². The van der Waals surface area contributed by atoms with E-state index in [0.29, 0.717) is 6.42 Å². The quantitative estimate of drug-likeness (QED) is 0.367. The third-order valence-electron chi connectivity index (χ3n) is 5.18. The molecule has 2 aromatic rings. The second kappa shape index (κ2) is 10.5. The predicted molar refractivity (Wildman–Crippen MR) is 123 cm³/mol. The Morgan fingerprint density at radius 2 is 1.58 bits per heavy atom. The molecule has 33 heavy (non-hydrogen) atoms. The molecule has 8 heteroatoms. The van der Waals surface area contributed by atoms with Gasteiger partial charge in [0, 0.05) is 12.5 Å². The minimum atomic E-state index is -1.08. The summed E-state index contributed by atoms with van der Waals surface area (Å²) in [6.07, 6.45) is -0.979. The van der Waals surface area contributed by atoms with Crippen molar-refractivity contribution in [2.24, 2.45) is 5.73 Å². The molecule has 0 saturated carbocycles. The molecule has 0 aliphatic heterocycles. The molecule has 2 aromatic carbocycles. The summed E-state index contributed by atoms with van der Waals surface area (Å²) in [5, 5.41) is 2.58. The van der Waals surface area contributed by atoms with Gasteiger partial charge in [-0.15, -0.1) is 0 Å². The highest BCUT2D eigenvalue weighted by Crippen LogP contribution is 2.44. The molecule has 1 amide bonds. The summed E-state index contributed by atoms with van der Waals surface area (Å²) >= 11 is 0. The maximum absolute atomic E-state index is 12.1. The minimum absolute atomic E-state index is 0.0508. The number of benzene rings is 2. The van der Waals surface area contributed by atoms with Crippen LogP contribution in [-0.4, -0.2) is 43.0 Å². The van der Waals surface area contributed by atoms with Gasteiger partial charge in [0.1, 0.15) is 18.2 Å². The summed E-state index contributed by atoms with van der Waals surface area (Å²) < 4.78 is 15.1. The highest BCUT2D eigenvalue weighted by molar-refractivity contribution is 5.85. The van der Waals surface area contributed by atoms with E-state index in [-0.39, 0.29) is 25.5 Å². The number of fused-ring (bicyclic) bond motifs is 3. The van der Waals surface area contributed by atoms with E-state index in [1.54, 1.807) is 20.8 Å². The van der Waals surface area contributed by atoms with Crippen LogP contribution < -0.4 is 11.1 Å². The zero-order valence-electron chi connectivity index (χ0n) is 19.1. The van der Waals surface area contributed by atoms with Gasteiger partial charge in [0.25, 0.3) is 0 Å². The average Bonchev–Trinajstić information content (AvgIpc) is 3.07. The van der Waals surface area contributed by atoms with Gasteiger partial charge in [0.05, 0.1) is 0 Å². The summed E-state index contributed by atoms with van der Waals surface area (Å²) in [6, 6.07) is 14.9. The van der Waals surface area contributed by atoms with Crippen molar-refractivity contribution in [2.45, 2.75) is 51.2 Å². The molecule has 0 fully saturated rings. The van der Waals surface area contributed by atoms with Crippen molar-refractivity contribution in [3.8, 4) is 11.1 Å². The van der Waals surface area contributed by atoms with E-state index in [4.69, 9.17) is 19.9 Å². The summed E-state index contributed by atoms with van der Waals surface area (Å²) in [5.74, 6) is -1.00. The zero-order chi connectivity index (χ0) is 24.0. The van der Waals surface area contributed by atoms with E-state index >= 15 is 0 Å². The van der Waals surface area contributed by atoms with Crippen molar-refractivity contribution in [2.75, 3.05) is 13.2 Å². The summed E-state index contributed by atoms with van der Waals surface area (Å²) in [6.45, 7) is 5.63. The number of rotatable bonds is 7. The van der Waals surface area contributed by atoms with Gasteiger partial charge in [-0.25, -0.2) is 14.4 Å². The van der Waals surface area contributed by atoms with Crippen molar-refractivity contribution in [1.29, 1.82) is 0 Å². The summed E-state index contributed by atoms with van der Waals surface area (Å²) in [5.41, 5.74) is 9.55. The Kier molecular flexibility index (Phi) is 7.71. The molecule has 0 bridgehead atoms. The highest BCUT2D eigenvalue weighted by atomic mass is 16.7. The van der Waals surface area contributed by atoms with Crippen LogP contribution in [-0.2, 0) is 19.0 Å². The molecule has 3 N–H and O–H groups in total. The van der Waals surface area contributed by atoms with Crippen LogP contribution in [0.25, 0.3) is 11.1 Å². The molecule has 0 heterocycles. The molecule has 0 spiro atoms. The number of nitrogens with one attached hydrogen (secondary N) is 1. The van der Waals surface area contributed by atoms with E-state index in [2.05, 4.69) is 5.32 Å². The fourth-order valence-corrected chi connectivity index (χ4v) is 3.72. The Bertz CT molecular complexity index is 968. The van der Waals surface area contributed by atoms with Crippen LogP contribution in [0.1, 0.15) is 50.7 Å². The molecule has 0 unspecified atom stereocenters. The van der Waals surface area contributed by atoms with E-state index in [1.165, 1.54) is 0 Å². The third-order valence-corrected chi connectivity index (χ3v) is 5.18. The second-order valence-corrected chi connectivity index (χ2v) is 8.89. The van der Waals surface area contributed by atoms with Gasteiger partial charge < -0.3 is 25.3 Å². The normalized spacial score (nSPS) is 13.5. The highest BCUT2D eigenvalue weighted by Gasteiger charge is 2.30. The number of alkyl carbamates (subject to hydrolysis) is 1. The molecule has 0 saturated heterocycles.